The van der Waals surface area contributed by atoms with E-state index >= 15 is 0 Å². The van der Waals surface area contributed by atoms with E-state index in [1.165, 1.54) is 13.4 Å². The van der Waals surface area contributed by atoms with Gasteiger partial charge in [0, 0.05) is 17.1 Å². The second kappa shape index (κ2) is 5.99. The Morgan fingerprint density at radius 1 is 1.37 bits per heavy atom. The molecule has 0 radical (unpaired) electrons. The summed E-state index contributed by atoms with van der Waals surface area (Å²) >= 11 is 11.9. The number of carbonyl (C=O) groups excluding carboxylic acids is 1. The van der Waals surface area contributed by atoms with E-state index in [2.05, 4.69) is 10.1 Å². The van der Waals surface area contributed by atoms with Gasteiger partial charge in [-0.3, -0.25) is 0 Å². The van der Waals surface area contributed by atoms with Crippen LogP contribution in [-0.4, -0.2) is 13.1 Å². The summed E-state index contributed by atoms with van der Waals surface area (Å²) in [4.78, 5) is 11.4. The summed E-state index contributed by atoms with van der Waals surface area (Å²) in [6.45, 7) is 0.376. The Morgan fingerprint density at radius 2 is 2.16 bits per heavy atom. The van der Waals surface area contributed by atoms with Crippen molar-refractivity contribution in [1.29, 1.82) is 0 Å². The first-order valence-electron chi connectivity index (χ1n) is 5.45. The van der Waals surface area contributed by atoms with Crippen molar-refractivity contribution >= 4 is 34.9 Å². The maximum atomic E-state index is 11.4. The second-order valence-corrected chi connectivity index (χ2v) is 4.59. The van der Waals surface area contributed by atoms with Gasteiger partial charge in [-0.25, -0.2) is 4.79 Å². The Labute approximate surface area is 120 Å². The van der Waals surface area contributed by atoms with Gasteiger partial charge in [-0.2, -0.15) is 0 Å². The summed E-state index contributed by atoms with van der Waals surface area (Å²) < 4.78 is 9.71. The molecule has 0 bridgehead atoms. The lowest BCUT2D eigenvalue weighted by atomic mass is 10.2. The van der Waals surface area contributed by atoms with Crippen LogP contribution in [0.2, 0.25) is 10.0 Å². The summed E-state index contributed by atoms with van der Waals surface area (Å²) in [5.41, 5.74) is 1.37. The number of hydrogen-bond donors (Lipinski definition) is 1. The van der Waals surface area contributed by atoms with Gasteiger partial charge in [0.25, 0.3) is 0 Å². The number of carbonyl (C=O) groups is 1. The monoisotopic (exact) mass is 299 g/mol. The molecule has 1 aromatic heterocycles. The van der Waals surface area contributed by atoms with Crippen molar-refractivity contribution in [3.63, 3.8) is 0 Å². The molecule has 0 saturated heterocycles. The maximum Gasteiger partial charge on any atom is 0.374 e. The van der Waals surface area contributed by atoms with E-state index in [0.717, 1.165) is 0 Å². The fourth-order valence-electron chi connectivity index (χ4n) is 1.57. The molecule has 0 spiro atoms. The minimum absolute atomic E-state index is 0.174. The highest BCUT2D eigenvalue weighted by molar-refractivity contribution is 6.35. The number of benzene rings is 1. The van der Waals surface area contributed by atoms with Gasteiger partial charge in [0.2, 0.25) is 5.76 Å². The van der Waals surface area contributed by atoms with Crippen LogP contribution in [0.3, 0.4) is 0 Å². The van der Waals surface area contributed by atoms with E-state index in [9.17, 15) is 4.79 Å². The molecule has 4 nitrogen and oxygen atoms in total. The van der Waals surface area contributed by atoms with Crippen LogP contribution in [0.25, 0.3) is 0 Å². The molecule has 100 valence electrons. The molecule has 0 fully saturated rings. The zero-order valence-electron chi connectivity index (χ0n) is 10.1. The van der Waals surface area contributed by atoms with Crippen LogP contribution < -0.4 is 5.32 Å². The van der Waals surface area contributed by atoms with Gasteiger partial charge in [0.15, 0.2) is 0 Å². The molecule has 0 aliphatic rings. The maximum absolute atomic E-state index is 11.4. The molecule has 6 heteroatoms. The first kappa shape index (κ1) is 13.8. The Balaban J connectivity index is 2.13. The SMILES string of the molecule is COC(=O)c1occc1CNc1cc(Cl)ccc1Cl. The molecule has 19 heavy (non-hydrogen) atoms. The van der Waals surface area contributed by atoms with E-state index in [1.54, 1.807) is 24.3 Å². The van der Waals surface area contributed by atoms with Crippen molar-refractivity contribution in [3.8, 4) is 0 Å². The van der Waals surface area contributed by atoms with Gasteiger partial charge in [-0.05, 0) is 24.3 Å². The molecule has 0 unspecified atom stereocenters. The number of esters is 1. The molecule has 0 saturated carbocycles. The lowest BCUT2D eigenvalue weighted by Crippen LogP contribution is -2.07. The Kier molecular flexibility index (Phi) is 4.35. The first-order chi connectivity index (χ1) is 9.11. The van der Waals surface area contributed by atoms with Crippen molar-refractivity contribution in [2.75, 3.05) is 12.4 Å². The number of furan rings is 1. The van der Waals surface area contributed by atoms with E-state index in [1.807, 2.05) is 0 Å². The minimum Gasteiger partial charge on any atom is -0.463 e. The van der Waals surface area contributed by atoms with Gasteiger partial charge in [-0.15, -0.1) is 0 Å². The van der Waals surface area contributed by atoms with Crippen LogP contribution in [0.5, 0.6) is 0 Å². The van der Waals surface area contributed by atoms with Crippen LogP contribution in [0.1, 0.15) is 16.1 Å². The highest BCUT2D eigenvalue weighted by Gasteiger charge is 2.15. The van der Waals surface area contributed by atoms with Crippen LogP contribution in [0.4, 0.5) is 5.69 Å². The van der Waals surface area contributed by atoms with E-state index in [0.29, 0.717) is 27.8 Å². The molecular weight excluding hydrogens is 289 g/mol. The summed E-state index contributed by atoms with van der Waals surface area (Å²) in [6, 6.07) is 6.80. The van der Waals surface area contributed by atoms with Gasteiger partial charge in [0.1, 0.15) is 0 Å². The van der Waals surface area contributed by atoms with Crippen LogP contribution in [0, 0.1) is 0 Å². The zero-order valence-corrected chi connectivity index (χ0v) is 11.6. The van der Waals surface area contributed by atoms with Gasteiger partial charge in [0.05, 0.1) is 24.1 Å². The number of nitrogens with one attached hydrogen (secondary N) is 1. The smallest absolute Gasteiger partial charge is 0.374 e. The van der Waals surface area contributed by atoms with Gasteiger partial charge in [-0.1, -0.05) is 23.2 Å². The molecule has 1 aromatic carbocycles. The van der Waals surface area contributed by atoms with E-state index in [-0.39, 0.29) is 5.76 Å². The highest BCUT2D eigenvalue weighted by Crippen LogP contribution is 2.26. The number of methoxy groups -OCH3 is 1. The minimum atomic E-state index is -0.515. The second-order valence-electron chi connectivity index (χ2n) is 3.74. The molecule has 1 N–H and O–H groups in total. The molecule has 2 aromatic rings. The van der Waals surface area contributed by atoms with Crippen molar-refractivity contribution < 1.29 is 13.9 Å². The number of hydrogen-bond acceptors (Lipinski definition) is 4. The fourth-order valence-corrected chi connectivity index (χ4v) is 1.93. The first-order valence-corrected chi connectivity index (χ1v) is 6.21. The average Bonchev–Trinajstić information content (AvgIpc) is 2.87. The lowest BCUT2D eigenvalue weighted by molar-refractivity contribution is 0.0563. The quantitative estimate of drug-likeness (QED) is 0.868. The number of ether oxygens (including phenoxy) is 1. The Hall–Kier alpha value is -1.65. The third kappa shape index (κ3) is 3.22. The highest BCUT2D eigenvalue weighted by atomic mass is 35.5. The van der Waals surface area contributed by atoms with E-state index in [4.69, 9.17) is 27.6 Å². The molecular formula is C13H11Cl2NO3. The molecule has 0 amide bonds. The lowest BCUT2D eigenvalue weighted by Gasteiger charge is -2.08. The zero-order chi connectivity index (χ0) is 13.8. The summed E-state index contributed by atoms with van der Waals surface area (Å²) in [5, 5.41) is 4.22. The number of anilines is 1. The van der Waals surface area contributed by atoms with Crippen molar-refractivity contribution in [2.24, 2.45) is 0 Å². The fraction of sp³-hybridized carbons (Fsp3) is 0.154. The predicted octanol–water partition coefficient (Wildman–Crippen LogP) is 3.99. The molecule has 0 atom stereocenters. The predicted molar refractivity (Wildman–Crippen MR) is 73.8 cm³/mol. The summed E-state index contributed by atoms with van der Waals surface area (Å²) in [6.07, 6.45) is 1.43. The Bertz CT molecular complexity index is 595. The number of rotatable bonds is 4. The van der Waals surface area contributed by atoms with Crippen LogP contribution in [-0.2, 0) is 11.3 Å². The molecule has 2 rings (SSSR count). The average molecular weight is 300 g/mol. The topological polar surface area (TPSA) is 51.5 Å². The molecule has 0 aliphatic heterocycles. The Morgan fingerprint density at radius 3 is 2.89 bits per heavy atom. The van der Waals surface area contributed by atoms with Crippen LogP contribution >= 0.6 is 23.2 Å². The van der Waals surface area contributed by atoms with Gasteiger partial charge >= 0.3 is 5.97 Å². The van der Waals surface area contributed by atoms with Crippen molar-refractivity contribution in [1.82, 2.24) is 0 Å². The van der Waals surface area contributed by atoms with Crippen molar-refractivity contribution in [2.45, 2.75) is 6.54 Å². The van der Waals surface area contributed by atoms with Gasteiger partial charge < -0.3 is 14.5 Å². The largest absolute Gasteiger partial charge is 0.463 e. The normalized spacial score (nSPS) is 10.3. The molecule has 0 aliphatic carbocycles. The summed E-state index contributed by atoms with van der Waals surface area (Å²) in [5.74, 6) is -0.341. The van der Waals surface area contributed by atoms with E-state index < -0.39 is 5.97 Å². The molecule has 1 heterocycles. The van der Waals surface area contributed by atoms with Crippen LogP contribution in [0.15, 0.2) is 34.9 Å². The third-order valence-corrected chi connectivity index (χ3v) is 3.08. The standard InChI is InChI=1S/C13H11Cl2NO3/c1-18-13(17)12-8(4-5-19-12)7-16-11-6-9(14)2-3-10(11)15/h2-6,16H,7H2,1H3. The third-order valence-electron chi connectivity index (χ3n) is 2.52. The van der Waals surface area contributed by atoms with Crippen molar-refractivity contribution in [3.05, 3.63) is 51.9 Å². The number of halogens is 2. The summed E-state index contributed by atoms with van der Waals surface area (Å²) in [7, 11) is 1.30.